The smallest absolute Gasteiger partial charge is 0.269 e. The zero-order valence-electron chi connectivity index (χ0n) is 16.0. The number of nitro groups is 1. The number of para-hydroxylation sites is 2. The number of non-ortho nitro benzene ring substituents is 1. The number of carbonyl (C=O) groups excluding carboxylic acids is 1. The van der Waals surface area contributed by atoms with Crippen molar-refractivity contribution in [2.45, 2.75) is 0 Å². The number of imidazole rings is 1. The number of methoxy groups -OCH3 is 1. The van der Waals surface area contributed by atoms with Crippen LogP contribution in [0.15, 0.2) is 72.8 Å². The summed E-state index contributed by atoms with van der Waals surface area (Å²) in [4.78, 5) is 31.5. The van der Waals surface area contributed by atoms with Gasteiger partial charge in [0.1, 0.15) is 11.6 Å². The molecule has 7 heteroatoms. The van der Waals surface area contributed by atoms with Crippen molar-refractivity contribution in [3.63, 3.8) is 0 Å². The van der Waals surface area contributed by atoms with Crippen molar-refractivity contribution in [3.05, 3.63) is 99.9 Å². The number of aromatic amines is 1. The van der Waals surface area contributed by atoms with Crippen LogP contribution in [-0.4, -0.2) is 27.8 Å². The van der Waals surface area contributed by atoms with Crippen LogP contribution in [0.5, 0.6) is 5.75 Å². The van der Waals surface area contributed by atoms with Crippen LogP contribution in [0.3, 0.4) is 0 Å². The van der Waals surface area contributed by atoms with E-state index < -0.39 is 4.92 Å². The van der Waals surface area contributed by atoms with Gasteiger partial charge in [0.2, 0.25) is 0 Å². The van der Waals surface area contributed by atoms with E-state index in [1.54, 1.807) is 49.6 Å². The first kappa shape index (κ1) is 19.1. The standard InChI is InChI=1S/C23H17N3O4/c1-30-18-12-8-16(9-13-18)22(27)19(14-15-6-10-17(11-7-15)26(28)29)23-24-20-4-2-3-5-21(20)25-23/h2-14H,1H3,(H,24,25)/b19-14+. The number of nitro benzene ring substituents is 1. The molecule has 0 unspecified atom stereocenters. The lowest BCUT2D eigenvalue weighted by molar-refractivity contribution is -0.384. The van der Waals surface area contributed by atoms with E-state index in [0.29, 0.717) is 28.3 Å². The highest BCUT2D eigenvalue weighted by Crippen LogP contribution is 2.25. The highest BCUT2D eigenvalue weighted by Gasteiger charge is 2.18. The Bertz CT molecular complexity index is 1220. The van der Waals surface area contributed by atoms with Crippen LogP contribution in [-0.2, 0) is 0 Å². The fourth-order valence-electron chi connectivity index (χ4n) is 3.08. The number of Topliss-reactive ketones (excluding diaryl/α,β-unsaturated/α-hetero) is 1. The van der Waals surface area contributed by atoms with Crippen LogP contribution in [0, 0.1) is 10.1 Å². The van der Waals surface area contributed by atoms with Crippen LogP contribution >= 0.6 is 0 Å². The molecule has 4 rings (SSSR count). The molecule has 0 aliphatic carbocycles. The third-order valence-electron chi connectivity index (χ3n) is 4.66. The molecule has 3 aromatic carbocycles. The van der Waals surface area contributed by atoms with Gasteiger partial charge in [-0.2, -0.15) is 0 Å². The lowest BCUT2D eigenvalue weighted by Gasteiger charge is -2.06. The Morgan fingerprint density at radius 3 is 2.37 bits per heavy atom. The van der Waals surface area contributed by atoms with Crippen molar-refractivity contribution in [2.75, 3.05) is 7.11 Å². The molecule has 148 valence electrons. The Morgan fingerprint density at radius 2 is 1.73 bits per heavy atom. The predicted molar refractivity (Wildman–Crippen MR) is 114 cm³/mol. The maximum absolute atomic E-state index is 13.3. The van der Waals surface area contributed by atoms with Crippen LogP contribution in [0.1, 0.15) is 21.7 Å². The molecule has 1 aromatic heterocycles. The van der Waals surface area contributed by atoms with Crippen molar-refractivity contribution >= 4 is 34.2 Å². The quantitative estimate of drug-likeness (QED) is 0.215. The molecule has 0 spiro atoms. The number of benzene rings is 3. The van der Waals surface area contributed by atoms with E-state index in [9.17, 15) is 14.9 Å². The van der Waals surface area contributed by atoms with E-state index in [-0.39, 0.29) is 11.5 Å². The summed E-state index contributed by atoms with van der Waals surface area (Å²) in [5.74, 6) is 0.849. The molecule has 0 aliphatic rings. The zero-order valence-corrected chi connectivity index (χ0v) is 16.0. The summed E-state index contributed by atoms with van der Waals surface area (Å²) in [7, 11) is 1.56. The normalized spacial score (nSPS) is 11.4. The van der Waals surface area contributed by atoms with Gasteiger partial charge in [0, 0.05) is 17.7 Å². The fraction of sp³-hybridized carbons (Fsp3) is 0.0435. The van der Waals surface area contributed by atoms with Crippen molar-refractivity contribution < 1.29 is 14.5 Å². The summed E-state index contributed by atoms with van der Waals surface area (Å²) in [6, 6.07) is 20.3. The Morgan fingerprint density at radius 1 is 1.03 bits per heavy atom. The molecular formula is C23H17N3O4. The molecule has 0 amide bonds. The minimum absolute atomic E-state index is 0.0149. The molecule has 30 heavy (non-hydrogen) atoms. The fourth-order valence-corrected chi connectivity index (χ4v) is 3.08. The Labute approximate surface area is 171 Å². The molecule has 0 atom stereocenters. The number of hydrogen-bond donors (Lipinski definition) is 1. The van der Waals surface area contributed by atoms with Crippen molar-refractivity contribution in [1.29, 1.82) is 0 Å². The number of H-pyrrole nitrogens is 1. The topological polar surface area (TPSA) is 98.1 Å². The number of aromatic nitrogens is 2. The number of ether oxygens (including phenoxy) is 1. The Kier molecular flexibility index (Phi) is 5.09. The minimum Gasteiger partial charge on any atom is -0.497 e. The van der Waals surface area contributed by atoms with E-state index in [1.165, 1.54) is 12.1 Å². The third kappa shape index (κ3) is 3.81. The maximum Gasteiger partial charge on any atom is 0.269 e. The van der Waals surface area contributed by atoms with Gasteiger partial charge in [-0.1, -0.05) is 12.1 Å². The summed E-state index contributed by atoms with van der Waals surface area (Å²) in [6.07, 6.45) is 1.67. The highest BCUT2D eigenvalue weighted by atomic mass is 16.6. The summed E-state index contributed by atoms with van der Waals surface area (Å²) in [5.41, 5.74) is 3.01. The van der Waals surface area contributed by atoms with E-state index in [0.717, 1.165) is 11.0 Å². The summed E-state index contributed by atoms with van der Waals surface area (Å²) < 4.78 is 5.16. The number of ketones is 1. The van der Waals surface area contributed by atoms with E-state index >= 15 is 0 Å². The molecule has 0 saturated carbocycles. The number of nitrogens with one attached hydrogen (secondary N) is 1. The predicted octanol–water partition coefficient (Wildman–Crippen LogP) is 4.90. The van der Waals surface area contributed by atoms with Gasteiger partial charge in [0.05, 0.1) is 28.6 Å². The number of hydrogen-bond acceptors (Lipinski definition) is 5. The van der Waals surface area contributed by atoms with Crippen molar-refractivity contribution in [2.24, 2.45) is 0 Å². The SMILES string of the molecule is COc1ccc(C(=O)/C(=C\c2ccc([N+](=O)[O-])cc2)c2nc3ccccc3[nH]2)cc1. The first-order chi connectivity index (χ1) is 14.5. The van der Waals surface area contributed by atoms with Gasteiger partial charge in [-0.25, -0.2) is 4.98 Å². The molecular weight excluding hydrogens is 382 g/mol. The molecule has 7 nitrogen and oxygen atoms in total. The Hall–Kier alpha value is -4.26. The average Bonchev–Trinajstić information content (AvgIpc) is 3.21. The first-order valence-electron chi connectivity index (χ1n) is 9.15. The summed E-state index contributed by atoms with van der Waals surface area (Å²) in [5, 5.41) is 10.9. The summed E-state index contributed by atoms with van der Waals surface area (Å²) in [6.45, 7) is 0. The number of nitrogens with zero attached hydrogens (tertiary/aromatic N) is 2. The van der Waals surface area contributed by atoms with Crippen molar-refractivity contribution in [3.8, 4) is 5.75 Å². The zero-order chi connectivity index (χ0) is 21.1. The molecule has 0 radical (unpaired) electrons. The maximum atomic E-state index is 13.3. The first-order valence-corrected chi connectivity index (χ1v) is 9.15. The van der Waals surface area contributed by atoms with Gasteiger partial charge in [-0.15, -0.1) is 0 Å². The molecule has 0 fully saturated rings. The van der Waals surface area contributed by atoms with Crippen LogP contribution in [0.25, 0.3) is 22.7 Å². The molecule has 0 aliphatic heterocycles. The second-order valence-corrected chi connectivity index (χ2v) is 6.57. The molecule has 1 heterocycles. The van der Waals surface area contributed by atoms with Crippen LogP contribution in [0.4, 0.5) is 5.69 Å². The van der Waals surface area contributed by atoms with Gasteiger partial charge >= 0.3 is 0 Å². The molecule has 0 saturated heterocycles. The number of fused-ring (bicyclic) bond motifs is 1. The monoisotopic (exact) mass is 399 g/mol. The molecule has 0 bridgehead atoms. The van der Waals surface area contributed by atoms with Gasteiger partial charge < -0.3 is 9.72 Å². The van der Waals surface area contributed by atoms with Gasteiger partial charge in [0.15, 0.2) is 5.78 Å². The Balaban J connectivity index is 1.80. The number of carbonyl (C=O) groups is 1. The van der Waals surface area contributed by atoms with Gasteiger partial charge in [0.25, 0.3) is 5.69 Å². The van der Waals surface area contributed by atoms with Crippen molar-refractivity contribution in [1.82, 2.24) is 9.97 Å². The highest BCUT2D eigenvalue weighted by molar-refractivity contribution is 6.32. The minimum atomic E-state index is -0.462. The van der Waals surface area contributed by atoms with E-state index in [4.69, 9.17) is 4.74 Å². The summed E-state index contributed by atoms with van der Waals surface area (Å²) >= 11 is 0. The lowest BCUT2D eigenvalue weighted by Crippen LogP contribution is -2.04. The number of allylic oxidation sites excluding steroid dienone is 1. The average molecular weight is 399 g/mol. The van der Waals surface area contributed by atoms with Gasteiger partial charge in [-0.05, 0) is 60.2 Å². The van der Waals surface area contributed by atoms with Crippen LogP contribution in [0.2, 0.25) is 0 Å². The lowest BCUT2D eigenvalue weighted by atomic mass is 10.00. The van der Waals surface area contributed by atoms with Crippen LogP contribution < -0.4 is 4.74 Å². The van der Waals surface area contributed by atoms with E-state index in [1.807, 2.05) is 24.3 Å². The van der Waals surface area contributed by atoms with Gasteiger partial charge in [-0.3, -0.25) is 14.9 Å². The second-order valence-electron chi connectivity index (χ2n) is 6.57. The van der Waals surface area contributed by atoms with E-state index in [2.05, 4.69) is 9.97 Å². The second kappa shape index (κ2) is 8.00. The molecule has 4 aromatic rings. The third-order valence-corrected chi connectivity index (χ3v) is 4.66. The number of rotatable bonds is 6. The molecule has 1 N–H and O–H groups in total. The largest absolute Gasteiger partial charge is 0.497 e.